The number of halogens is 2. The predicted molar refractivity (Wildman–Crippen MR) is 17.5 cm³/mol. The fourth-order valence-corrected chi connectivity index (χ4v) is 0. The third kappa shape index (κ3) is 19.0. The van der Waals surface area contributed by atoms with E-state index < -0.39 is 0 Å². The quantitative estimate of drug-likeness (QED) is 0.435. The van der Waals surface area contributed by atoms with Gasteiger partial charge in [0.05, 0.1) is 0 Å². The van der Waals surface area contributed by atoms with Crippen molar-refractivity contribution in [2.24, 2.45) is 0 Å². The van der Waals surface area contributed by atoms with Gasteiger partial charge in [-0.25, -0.2) is 0 Å². The van der Waals surface area contributed by atoms with Crippen LogP contribution in [-0.2, 0) is 37.5 Å². The Morgan fingerprint density at radius 2 is 0.800 bits per heavy atom. The van der Waals surface area contributed by atoms with Crippen LogP contribution < -0.4 is 0 Å². The van der Waals surface area contributed by atoms with Gasteiger partial charge in [-0.2, -0.15) is 0 Å². The molecule has 0 atom stereocenters. The van der Waals surface area contributed by atoms with Crippen molar-refractivity contribution in [1.29, 1.82) is 0 Å². The summed E-state index contributed by atoms with van der Waals surface area (Å²) >= 11 is 3.22. The molecule has 0 aliphatic carbocycles. The summed E-state index contributed by atoms with van der Waals surface area (Å²) in [4.78, 5) is 0. The first-order valence-electron chi connectivity index (χ1n) is 0.239. The van der Waals surface area contributed by atoms with Crippen LogP contribution in [0.1, 0.15) is 0 Å². The van der Waals surface area contributed by atoms with Crippen LogP contribution in [0.5, 0.6) is 0 Å². The Balaban J connectivity index is -0.0000000133. The molecule has 5 heteroatoms. The van der Waals surface area contributed by atoms with E-state index in [0.29, 0.717) is 0 Å². The van der Waals surface area contributed by atoms with Crippen molar-refractivity contribution < 1.29 is 37.5 Å². The van der Waals surface area contributed by atoms with Gasteiger partial charge in [0.2, 0.25) is 0 Å². The minimum absolute atomic E-state index is 0. The van der Waals surface area contributed by atoms with Crippen molar-refractivity contribution >= 4 is 56.6 Å². The third-order valence-corrected chi connectivity index (χ3v) is 0. The molecule has 0 bridgehead atoms. The second-order valence-electron chi connectivity index (χ2n) is 0. The number of hydrogen-bond acceptors (Lipinski definition) is 0. The number of rotatable bonds is 0. The van der Waals surface area contributed by atoms with Crippen LogP contribution in [-0.4, -0.2) is 37.7 Å². The molecule has 0 fully saturated rings. The molecular formula is CaCl2Pt2. The first kappa shape index (κ1) is 15.7. The van der Waals surface area contributed by atoms with Crippen LogP contribution in [0, 0.1) is 0 Å². The Labute approximate surface area is 92.0 Å². The Hall–Kier alpha value is 3.22. The van der Waals surface area contributed by atoms with Gasteiger partial charge in [0.25, 0.3) is 0 Å². The second-order valence-corrected chi connectivity index (χ2v) is 0. The maximum absolute atomic E-state index is 4.61. The average Bonchev–Trinajstić information content (AvgIpc) is 1.50. The molecule has 0 aliphatic rings. The van der Waals surface area contributed by atoms with Gasteiger partial charge in [0.15, 0.2) is 0 Å². The van der Waals surface area contributed by atoms with Crippen molar-refractivity contribution in [3.8, 4) is 0 Å². The summed E-state index contributed by atoms with van der Waals surface area (Å²) in [6, 6.07) is 0. The van der Waals surface area contributed by atoms with E-state index in [0.717, 1.165) is 0 Å². The molecule has 0 amide bonds. The van der Waals surface area contributed by atoms with Gasteiger partial charge < -0.3 is 0 Å². The number of hydrogen-bond donors (Lipinski definition) is 0. The Kier molecular flexibility index (Phi) is 84.8. The summed E-state index contributed by atoms with van der Waals surface area (Å²) in [7, 11) is 9.22. The SMILES string of the molecule is [Ca+2].[Cl][Pt-].[Cl][Pt-]. The van der Waals surface area contributed by atoms with Gasteiger partial charge in [-0.3, -0.25) is 0 Å². The van der Waals surface area contributed by atoms with Crippen LogP contribution in [0.4, 0.5) is 0 Å². The summed E-state index contributed by atoms with van der Waals surface area (Å²) in [5, 5.41) is 0. The van der Waals surface area contributed by atoms with Crippen LogP contribution in [0.2, 0.25) is 0 Å². The van der Waals surface area contributed by atoms with Crippen molar-refractivity contribution in [1.82, 2.24) is 0 Å². The average molecular weight is 501 g/mol. The zero-order valence-corrected chi connectivity index (χ0v) is 10.4. The molecule has 0 aliphatic heterocycles. The monoisotopic (exact) mass is 500 g/mol. The van der Waals surface area contributed by atoms with Gasteiger partial charge in [0.1, 0.15) is 0 Å². The maximum atomic E-state index is 4.61. The Bertz CT molecular complexity index is 7.61. The molecular weight excluding hydrogens is 501 g/mol. The predicted octanol–water partition coefficient (Wildman–Crippen LogP) is 0.993. The van der Waals surface area contributed by atoms with Gasteiger partial charge in [-0.05, 0) is 0 Å². The van der Waals surface area contributed by atoms with Gasteiger partial charge in [-0.1, -0.05) is 0 Å². The van der Waals surface area contributed by atoms with Crippen LogP contribution in [0.25, 0.3) is 0 Å². The molecule has 5 heavy (non-hydrogen) atoms. The van der Waals surface area contributed by atoms with E-state index in [1.807, 2.05) is 0 Å². The van der Waals surface area contributed by atoms with E-state index in [-0.39, 0.29) is 37.7 Å². The molecule has 0 saturated heterocycles. The van der Waals surface area contributed by atoms with Crippen molar-refractivity contribution in [3.05, 3.63) is 0 Å². The summed E-state index contributed by atoms with van der Waals surface area (Å²) in [6.07, 6.45) is 0. The van der Waals surface area contributed by atoms with Gasteiger partial charge >= 0.3 is 94.1 Å². The van der Waals surface area contributed by atoms with Gasteiger partial charge in [0, 0.05) is 0 Å². The molecule has 0 nitrogen and oxygen atoms in total. The molecule has 0 rings (SSSR count). The molecule has 0 unspecified atom stereocenters. The van der Waals surface area contributed by atoms with E-state index in [9.17, 15) is 0 Å². The fraction of sp³-hybridized carbons (Fsp3) is 0. The first-order valence-corrected chi connectivity index (χ1v) is 5.87. The second kappa shape index (κ2) is 27.0. The summed E-state index contributed by atoms with van der Waals surface area (Å²) < 4.78 is 0. The van der Waals surface area contributed by atoms with E-state index in [4.69, 9.17) is 0 Å². The van der Waals surface area contributed by atoms with E-state index in [2.05, 4.69) is 18.8 Å². The molecule has 0 aromatic heterocycles. The standard InChI is InChI=1S/Ca.2ClH.2Pt/h;2*1H;;/q+2;;;;/p-2. The van der Waals surface area contributed by atoms with Crippen molar-refractivity contribution in [2.45, 2.75) is 0 Å². The molecule has 0 aromatic rings. The van der Waals surface area contributed by atoms with Crippen LogP contribution in [0.15, 0.2) is 0 Å². The molecule has 0 spiro atoms. The summed E-state index contributed by atoms with van der Waals surface area (Å²) in [6.45, 7) is 0. The van der Waals surface area contributed by atoms with Crippen LogP contribution >= 0.6 is 18.8 Å². The molecule has 0 heterocycles. The van der Waals surface area contributed by atoms with Gasteiger partial charge in [-0.15, -0.1) is 0 Å². The van der Waals surface area contributed by atoms with Crippen molar-refractivity contribution in [3.63, 3.8) is 0 Å². The topological polar surface area (TPSA) is 0 Å². The van der Waals surface area contributed by atoms with E-state index >= 15 is 0 Å². The third-order valence-electron chi connectivity index (χ3n) is 0. The Morgan fingerprint density at radius 1 is 0.800 bits per heavy atom. The van der Waals surface area contributed by atoms with E-state index in [1.54, 1.807) is 37.5 Å². The summed E-state index contributed by atoms with van der Waals surface area (Å²) in [5.41, 5.74) is 0. The molecule has 0 aromatic carbocycles. The zero-order valence-electron chi connectivity index (χ0n) is 2.10. The normalized spacial score (nSPS) is 2.80. The van der Waals surface area contributed by atoms with Crippen LogP contribution in [0.3, 0.4) is 0 Å². The molecule has 0 radical (unpaired) electrons. The molecule has 0 saturated carbocycles. The van der Waals surface area contributed by atoms with Crippen molar-refractivity contribution in [2.75, 3.05) is 0 Å². The fourth-order valence-electron chi connectivity index (χ4n) is 0. The zero-order chi connectivity index (χ0) is 4.00. The van der Waals surface area contributed by atoms with E-state index in [1.165, 1.54) is 0 Å². The summed E-state index contributed by atoms with van der Waals surface area (Å²) in [5.74, 6) is 0. The molecule has 36 valence electrons. The Morgan fingerprint density at radius 3 is 0.800 bits per heavy atom. The minimum atomic E-state index is 0. The molecule has 0 N–H and O–H groups in total. The first-order chi connectivity index (χ1) is 2.00.